The maximum atomic E-state index is 13.2. The summed E-state index contributed by atoms with van der Waals surface area (Å²) in [5.74, 6) is -1.82. The van der Waals surface area contributed by atoms with Gasteiger partial charge in [0, 0.05) is 38.0 Å². The number of amides is 1. The van der Waals surface area contributed by atoms with Gasteiger partial charge in [-0.15, -0.1) is 0 Å². The minimum Gasteiger partial charge on any atom is -0.507 e. The normalized spacial score (nSPS) is 20.7. The number of benzene rings is 1. The first-order valence-corrected chi connectivity index (χ1v) is 11.0. The summed E-state index contributed by atoms with van der Waals surface area (Å²) in [4.78, 5) is 40.8. The van der Waals surface area contributed by atoms with Gasteiger partial charge < -0.3 is 14.9 Å². The van der Waals surface area contributed by atoms with Crippen molar-refractivity contribution in [2.45, 2.75) is 32.7 Å². The van der Waals surface area contributed by atoms with Gasteiger partial charge in [0.2, 0.25) is 0 Å². The highest BCUT2D eigenvalue weighted by atomic mass is 16.6. The molecule has 2 aliphatic rings. The van der Waals surface area contributed by atoms with Gasteiger partial charge in [-0.2, -0.15) is 5.10 Å². The summed E-state index contributed by atoms with van der Waals surface area (Å²) in [5, 5.41) is 27.0. The number of aliphatic hydroxyl groups excluding tert-OH is 1. The van der Waals surface area contributed by atoms with Crippen LogP contribution in [0.2, 0.25) is 0 Å². The summed E-state index contributed by atoms with van der Waals surface area (Å²) in [7, 11) is 1.73. The number of aryl methyl sites for hydroxylation is 2. The Kier molecular flexibility index (Phi) is 6.03. The summed E-state index contributed by atoms with van der Waals surface area (Å²) in [6.07, 6.45) is 2.18. The second kappa shape index (κ2) is 8.78. The molecule has 1 unspecified atom stereocenters. The van der Waals surface area contributed by atoms with Gasteiger partial charge >= 0.3 is 0 Å². The molecule has 1 amide bonds. The van der Waals surface area contributed by atoms with Gasteiger partial charge in [-0.3, -0.25) is 24.4 Å². The maximum Gasteiger partial charge on any atom is 0.295 e. The van der Waals surface area contributed by atoms with Crippen molar-refractivity contribution in [1.82, 2.24) is 19.6 Å². The fourth-order valence-corrected chi connectivity index (χ4v) is 4.77. The van der Waals surface area contributed by atoms with E-state index < -0.39 is 22.7 Å². The Morgan fingerprint density at radius 3 is 2.52 bits per heavy atom. The Labute approximate surface area is 191 Å². The van der Waals surface area contributed by atoms with Gasteiger partial charge in [-0.1, -0.05) is 12.1 Å². The molecule has 1 aromatic heterocycles. The summed E-state index contributed by atoms with van der Waals surface area (Å²) in [6, 6.07) is 4.95. The number of aromatic nitrogens is 2. The van der Waals surface area contributed by atoms with E-state index in [4.69, 9.17) is 0 Å². The number of ketones is 1. The summed E-state index contributed by atoms with van der Waals surface area (Å²) in [6.45, 7) is 6.21. The van der Waals surface area contributed by atoms with Gasteiger partial charge in [-0.25, -0.2) is 0 Å². The van der Waals surface area contributed by atoms with Crippen molar-refractivity contribution in [1.29, 1.82) is 0 Å². The Balaban J connectivity index is 1.84. The predicted molar refractivity (Wildman–Crippen MR) is 120 cm³/mol. The molecule has 2 fully saturated rings. The monoisotopic (exact) mass is 453 g/mol. The molecule has 0 spiro atoms. The minimum absolute atomic E-state index is 0.0684. The number of nitro groups is 1. The molecule has 0 radical (unpaired) electrons. The molecule has 10 nitrogen and oxygen atoms in total. The second-order valence-corrected chi connectivity index (χ2v) is 8.56. The summed E-state index contributed by atoms with van der Waals surface area (Å²) >= 11 is 0. The van der Waals surface area contributed by atoms with Crippen molar-refractivity contribution in [2.24, 2.45) is 7.05 Å². The maximum absolute atomic E-state index is 13.2. The molecular weight excluding hydrogens is 426 g/mol. The van der Waals surface area contributed by atoms with Crippen molar-refractivity contribution >= 4 is 23.1 Å². The molecule has 4 rings (SSSR count). The number of likely N-dealkylation sites (tertiary alicyclic amines) is 2. The van der Waals surface area contributed by atoms with Gasteiger partial charge in [0.1, 0.15) is 5.76 Å². The van der Waals surface area contributed by atoms with E-state index in [1.54, 1.807) is 31.6 Å². The molecule has 2 saturated heterocycles. The van der Waals surface area contributed by atoms with Gasteiger partial charge in [0.15, 0.2) is 0 Å². The molecule has 10 heteroatoms. The Hall–Kier alpha value is -3.53. The average molecular weight is 453 g/mol. The Morgan fingerprint density at radius 2 is 1.91 bits per heavy atom. The van der Waals surface area contributed by atoms with Crippen LogP contribution in [-0.4, -0.2) is 67.5 Å². The SMILES string of the molecule is Cc1nn(C)c(C)c1/C(O)=C1\C(=O)C(=O)N(CCN2CCCC2)C1c1cccc([N+](=O)[O-])c1. The minimum atomic E-state index is -0.925. The van der Waals surface area contributed by atoms with E-state index in [9.17, 15) is 24.8 Å². The lowest BCUT2D eigenvalue weighted by Crippen LogP contribution is -2.37. The van der Waals surface area contributed by atoms with Crippen LogP contribution in [0.15, 0.2) is 29.8 Å². The number of nitrogens with zero attached hydrogens (tertiary/aromatic N) is 5. The highest BCUT2D eigenvalue weighted by Gasteiger charge is 2.46. The van der Waals surface area contributed by atoms with E-state index in [0.717, 1.165) is 25.9 Å². The largest absolute Gasteiger partial charge is 0.507 e. The van der Waals surface area contributed by atoms with E-state index in [1.165, 1.54) is 23.1 Å². The number of carbonyl (C=O) groups excluding carboxylic acids is 2. The summed E-state index contributed by atoms with van der Waals surface area (Å²) < 4.78 is 1.59. The van der Waals surface area contributed by atoms with Gasteiger partial charge in [-0.05, 0) is 45.3 Å². The molecule has 0 saturated carbocycles. The molecule has 33 heavy (non-hydrogen) atoms. The van der Waals surface area contributed by atoms with Crippen LogP contribution in [-0.2, 0) is 16.6 Å². The fourth-order valence-electron chi connectivity index (χ4n) is 4.77. The Morgan fingerprint density at radius 1 is 1.21 bits per heavy atom. The quantitative estimate of drug-likeness (QED) is 0.234. The van der Waals surface area contributed by atoms with Gasteiger partial charge in [0.05, 0.1) is 27.8 Å². The van der Waals surface area contributed by atoms with E-state index >= 15 is 0 Å². The van der Waals surface area contributed by atoms with Crippen LogP contribution < -0.4 is 0 Å². The molecule has 1 aromatic carbocycles. The van der Waals surface area contributed by atoms with Crippen LogP contribution in [0.3, 0.4) is 0 Å². The number of aliphatic hydroxyl groups is 1. The third-order valence-corrected chi connectivity index (χ3v) is 6.54. The van der Waals surface area contributed by atoms with Crippen molar-refractivity contribution in [2.75, 3.05) is 26.2 Å². The van der Waals surface area contributed by atoms with Crippen LogP contribution in [0, 0.1) is 24.0 Å². The van der Waals surface area contributed by atoms with Crippen molar-refractivity contribution in [3.05, 3.63) is 62.5 Å². The molecule has 3 heterocycles. The van der Waals surface area contributed by atoms with Crippen LogP contribution in [0.25, 0.3) is 5.76 Å². The van der Waals surface area contributed by atoms with Crippen LogP contribution in [0.1, 0.15) is 41.4 Å². The zero-order chi connectivity index (χ0) is 23.9. The van der Waals surface area contributed by atoms with E-state index in [1.807, 2.05) is 0 Å². The molecule has 0 aliphatic carbocycles. The number of hydrogen-bond donors (Lipinski definition) is 1. The van der Waals surface area contributed by atoms with Gasteiger partial charge in [0.25, 0.3) is 17.4 Å². The number of Topliss-reactive ketones (excluding diaryl/α,β-unsaturated/α-hetero) is 1. The van der Waals surface area contributed by atoms with Crippen LogP contribution in [0.4, 0.5) is 5.69 Å². The zero-order valence-corrected chi connectivity index (χ0v) is 18.9. The number of non-ortho nitro benzene ring substituents is 1. The molecule has 0 bridgehead atoms. The van der Waals surface area contributed by atoms with E-state index in [-0.39, 0.29) is 23.6 Å². The molecule has 1 N–H and O–H groups in total. The lowest BCUT2D eigenvalue weighted by Gasteiger charge is -2.27. The molecule has 1 atom stereocenters. The zero-order valence-electron chi connectivity index (χ0n) is 18.9. The highest BCUT2D eigenvalue weighted by molar-refractivity contribution is 6.46. The predicted octanol–water partition coefficient (Wildman–Crippen LogP) is 2.46. The number of rotatable bonds is 6. The van der Waals surface area contributed by atoms with E-state index in [2.05, 4.69) is 10.00 Å². The van der Waals surface area contributed by atoms with Crippen LogP contribution >= 0.6 is 0 Å². The second-order valence-electron chi connectivity index (χ2n) is 8.56. The number of hydrogen-bond acceptors (Lipinski definition) is 7. The lowest BCUT2D eigenvalue weighted by molar-refractivity contribution is -0.384. The highest BCUT2D eigenvalue weighted by Crippen LogP contribution is 2.41. The summed E-state index contributed by atoms with van der Waals surface area (Å²) in [5.41, 5.74) is 1.75. The lowest BCUT2D eigenvalue weighted by atomic mass is 9.94. The Bertz CT molecular complexity index is 1160. The molecule has 174 valence electrons. The van der Waals surface area contributed by atoms with Crippen molar-refractivity contribution in [3.8, 4) is 0 Å². The van der Waals surface area contributed by atoms with Crippen molar-refractivity contribution in [3.63, 3.8) is 0 Å². The molecule has 2 aliphatic heterocycles. The first-order chi connectivity index (χ1) is 15.7. The van der Waals surface area contributed by atoms with Crippen molar-refractivity contribution < 1.29 is 19.6 Å². The number of carbonyl (C=O) groups is 2. The molecule has 2 aromatic rings. The van der Waals surface area contributed by atoms with Crippen LogP contribution in [0.5, 0.6) is 0 Å². The average Bonchev–Trinajstić information content (AvgIpc) is 3.45. The third-order valence-electron chi connectivity index (χ3n) is 6.54. The fraction of sp³-hybridized carbons (Fsp3) is 0.435. The van der Waals surface area contributed by atoms with E-state index in [0.29, 0.717) is 29.1 Å². The first kappa shape index (κ1) is 22.7. The topological polar surface area (TPSA) is 122 Å². The number of nitro benzene ring substituents is 1. The first-order valence-electron chi connectivity index (χ1n) is 11.0. The third kappa shape index (κ3) is 4.02. The molecular formula is C23H27N5O5. The standard InChI is InChI=1S/C23H27N5O5/c1-14-18(15(2)25(3)24-14)21(29)19-20(16-7-6-8-17(13-16)28(32)33)27(23(31)22(19)30)12-11-26-9-4-5-10-26/h6-8,13,20,29H,4-5,9-12H2,1-3H3/b21-19+. The smallest absolute Gasteiger partial charge is 0.295 e.